The van der Waals surface area contributed by atoms with E-state index in [-0.39, 0.29) is 33.7 Å². The first-order valence-electron chi connectivity index (χ1n) is 2.70. The maximum Gasteiger partial charge on any atom is 0.0872 e. The predicted molar refractivity (Wildman–Crippen MR) is 55.6 cm³/mol. The first-order valence-corrected chi connectivity index (χ1v) is 2.70. The Kier molecular flexibility index (Phi) is 19.2. The number of hydrogen-bond acceptors (Lipinski definition) is 2. The van der Waals surface area contributed by atoms with E-state index in [0.29, 0.717) is 0 Å². The summed E-state index contributed by atoms with van der Waals surface area (Å²) in [5, 5.41) is 18.2. The summed E-state index contributed by atoms with van der Waals surface area (Å²) < 4.78 is 0. The number of rotatable bonds is 1. The van der Waals surface area contributed by atoms with Gasteiger partial charge < -0.3 is 10.2 Å². The second-order valence-corrected chi connectivity index (χ2v) is 3.12. The molecule has 12 radical (unpaired) electrons. The molecule has 0 unspecified atom stereocenters. The number of hydrogen-bond donors (Lipinski definition) is 2. The fourth-order valence-electron chi connectivity index (χ4n) is 0. The Labute approximate surface area is 83.4 Å². The van der Waals surface area contributed by atoms with Crippen molar-refractivity contribution in [2.45, 2.75) is 38.9 Å². The summed E-state index contributed by atoms with van der Waals surface area (Å²) in [6, 6.07) is 0. The predicted octanol–water partition coefficient (Wildman–Crippen LogP) is -0.995. The molecule has 0 fully saturated rings. The highest BCUT2D eigenvalue weighted by Crippen LogP contribution is 2.19. The highest BCUT2D eigenvalue weighted by Gasteiger charge is 2.31. The summed E-state index contributed by atoms with van der Waals surface area (Å²) >= 11 is 0. The highest BCUT2D eigenvalue weighted by molar-refractivity contribution is 5.76. The van der Waals surface area contributed by atoms with Crippen LogP contribution in [0.25, 0.3) is 0 Å². The van der Waals surface area contributed by atoms with Crippen LogP contribution in [0.1, 0.15) is 27.7 Å². The van der Waals surface area contributed by atoms with Crippen molar-refractivity contribution in [1.82, 2.24) is 0 Å². The lowest BCUT2D eigenvalue weighted by atomic mass is 9.90. The van der Waals surface area contributed by atoms with Gasteiger partial charge in [-0.1, -0.05) is 0 Å². The van der Waals surface area contributed by atoms with E-state index >= 15 is 0 Å². The van der Waals surface area contributed by atoms with E-state index in [1.165, 1.54) is 0 Å². The third-order valence-corrected chi connectivity index (χ3v) is 1.50. The summed E-state index contributed by atoms with van der Waals surface area (Å²) in [6.07, 6.45) is 0. The van der Waals surface area contributed by atoms with Crippen LogP contribution in [0.5, 0.6) is 0 Å². The SMILES string of the molecule is CC(C)(O)C(C)(C)O.[B].[B].[B].[B]. The zero-order chi connectivity index (χ0) is 7.00. The minimum absolute atomic E-state index is 0. The Balaban J connectivity index is -0.0000000408. The van der Waals surface area contributed by atoms with Crippen molar-refractivity contribution in [2.75, 3.05) is 0 Å². The van der Waals surface area contributed by atoms with Crippen LogP contribution in [0.3, 0.4) is 0 Å². The lowest BCUT2D eigenvalue weighted by molar-refractivity contribution is -0.107. The molecule has 0 aromatic rings. The minimum atomic E-state index is -1.01. The molecule has 0 rings (SSSR count). The van der Waals surface area contributed by atoms with Gasteiger partial charge in [0.1, 0.15) is 0 Å². The molecule has 0 spiro atoms. The quantitative estimate of drug-likeness (QED) is 0.485. The second-order valence-electron chi connectivity index (χ2n) is 3.12. The molecule has 0 aliphatic rings. The molecule has 12 heavy (non-hydrogen) atoms. The number of aliphatic hydroxyl groups is 2. The molecular weight excluding hydrogens is 147 g/mol. The molecule has 0 amide bonds. The van der Waals surface area contributed by atoms with Gasteiger partial charge in [-0.25, -0.2) is 0 Å². The molecule has 0 aromatic heterocycles. The molecular formula is C6H14B4O2. The van der Waals surface area contributed by atoms with Gasteiger partial charge in [0.25, 0.3) is 0 Å². The maximum absolute atomic E-state index is 9.10. The Bertz CT molecular complexity index is 72.5. The topological polar surface area (TPSA) is 40.5 Å². The van der Waals surface area contributed by atoms with Gasteiger partial charge in [0, 0.05) is 33.7 Å². The molecule has 0 aromatic carbocycles. The van der Waals surface area contributed by atoms with Crippen molar-refractivity contribution in [1.29, 1.82) is 0 Å². The van der Waals surface area contributed by atoms with E-state index in [1.54, 1.807) is 27.7 Å². The van der Waals surface area contributed by atoms with E-state index in [9.17, 15) is 0 Å². The molecule has 0 saturated heterocycles. The summed E-state index contributed by atoms with van der Waals surface area (Å²) in [6.45, 7) is 6.31. The van der Waals surface area contributed by atoms with Crippen LogP contribution >= 0.6 is 0 Å². The van der Waals surface area contributed by atoms with E-state index < -0.39 is 11.2 Å². The van der Waals surface area contributed by atoms with Gasteiger partial charge in [0.05, 0.1) is 11.2 Å². The largest absolute Gasteiger partial charge is 0.387 e. The van der Waals surface area contributed by atoms with Crippen molar-refractivity contribution < 1.29 is 10.2 Å². The van der Waals surface area contributed by atoms with Crippen molar-refractivity contribution in [3.05, 3.63) is 0 Å². The van der Waals surface area contributed by atoms with E-state index in [1.807, 2.05) is 0 Å². The zero-order valence-electron chi connectivity index (χ0n) is 8.20. The average Bonchev–Trinajstić information content (AvgIpc) is 1.25. The smallest absolute Gasteiger partial charge is 0.0872 e. The fraction of sp³-hybridized carbons (Fsp3) is 1.00. The van der Waals surface area contributed by atoms with Crippen LogP contribution in [0.15, 0.2) is 0 Å². The second kappa shape index (κ2) is 7.81. The van der Waals surface area contributed by atoms with Crippen LogP contribution in [-0.2, 0) is 0 Å². The fourth-order valence-corrected chi connectivity index (χ4v) is 0. The van der Waals surface area contributed by atoms with Gasteiger partial charge in [0.15, 0.2) is 0 Å². The summed E-state index contributed by atoms with van der Waals surface area (Å²) in [7, 11) is 0. The molecule has 0 bridgehead atoms. The van der Waals surface area contributed by atoms with Gasteiger partial charge in [-0.2, -0.15) is 0 Å². The van der Waals surface area contributed by atoms with Crippen LogP contribution < -0.4 is 0 Å². The molecule has 0 saturated carbocycles. The molecule has 6 heteroatoms. The molecule has 0 atom stereocenters. The van der Waals surface area contributed by atoms with Crippen molar-refractivity contribution in [2.24, 2.45) is 0 Å². The highest BCUT2D eigenvalue weighted by atomic mass is 16.3. The zero-order valence-corrected chi connectivity index (χ0v) is 8.20. The Morgan fingerprint density at radius 2 is 0.667 bits per heavy atom. The normalized spacial score (nSPS) is 9.50. The first-order chi connectivity index (χ1) is 3.25. The first kappa shape index (κ1) is 29.5. The average molecular weight is 161 g/mol. The molecule has 62 valence electrons. The van der Waals surface area contributed by atoms with E-state index in [2.05, 4.69) is 0 Å². The summed E-state index contributed by atoms with van der Waals surface area (Å²) in [5.41, 5.74) is -2.01. The van der Waals surface area contributed by atoms with Crippen LogP contribution in [0, 0.1) is 0 Å². The van der Waals surface area contributed by atoms with E-state index in [0.717, 1.165) is 0 Å². The molecule has 0 heterocycles. The van der Waals surface area contributed by atoms with E-state index in [4.69, 9.17) is 10.2 Å². The summed E-state index contributed by atoms with van der Waals surface area (Å²) in [4.78, 5) is 0. The third kappa shape index (κ3) is 10.2. The minimum Gasteiger partial charge on any atom is -0.387 e. The molecule has 0 aliphatic heterocycles. The molecule has 0 aliphatic carbocycles. The monoisotopic (exact) mass is 162 g/mol. The Morgan fingerprint density at radius 1 is 0.583 bits per heavy atom. The van der Waals surface area contributed by atoms with Crippen molar-refractivity contribution in [3.8, 4) is 0 Å². The Hall–Kier alpha value is 0.180. The van der Waals surface area contributed by atoms with Crippen LogP contribution in [0.2, 0.25) is 0 Å². The van der Waals surface area contributed by atoms with Gasteiger partial charge in [0.2, 0.25) is 0 Å². The molecule has 2 nitrogen and oxygen atoms in total. The third-order valence-electron chi connectivity index (χ3n) is 1.50. The lowest BCUT2D eigenvalue weighted by Gasteiger charge is -2.31. The summed E-state index contributed by atoms with van der Waals surface area (Å²) in [5.74, 6) is 0. The lowest BCUT2D eigenvalue weighted by Crippen LogP contribution is -2.44. The Morgan fingerprint density at radius 3 is 0.667 bits per heavy atom. The van der Waals surface area contributed by atoms with Gasteiger partial charge in [-0.15, -0.1) is 0 Å². The van der Waals surface area contributed by atoms with Crippen LogP contribution in [0.4, 0.5) is 0 Å². The molecule has 2 N–H and O–H groups in total. The van der Waals surface area contributed by atoms with Crippen molar-refractivity contribution >= 4 is 33.7 Å². The van der Waals surface area contributed by atoms with Gasteiger partial charge in [-0.05, 0) is 27.7 Å². The standard InChI is InChI=1S/C6H14O2.4B/c1-5(2,7)6(3,4)8;;;;/h7-8H,1-4H3;;;;. The van der Waals surface area contributed by atoms with Crippen molar-refractivity contribution in [3.63, 3.8) is 0 Å². The van der Waals surface area contributed by atoms with Crippen LogP contribution in [-0.4, -0.2) is 55.1 Å². The van der Waals surface area contributed by atoms with Gasteiger partial charge in [-0.3, -0.25) is 0 Å². The van der Waals surface area contributed by atoms with Gasteiger partial charge >= 0.3 is 0 Å². The maximum atomic E-state index is 9.10.